The number of hydrogen-bond donors (Lipinski definition) is 0. The predicted molar refractivity (Wildman–Crippen MR) is 83.7 cm³/mol. The van der Waals surface area contributed by atoms with Gasteiger partial charge < -0.3 is 9.64 Å². The molecule has 0 amide bonds. The molecule has 1 fully saturated rings. The monoisotopic (exact) mass is 284 g/mol. The van der Waals surface area contributed by atoms with E-state index in [1.165, 1.54) is 12.8 Å². The summed E-state index contributed by atoms with van der Waals surface area (Å²) >= 11 is 0. The van der Waals surface area contributed by atoms with Crippen LogP contribution in [-0.4, -0.2) is 35.0 Å². The Morgan fingerprint density at radius 2 is 1.95 bits per heavy atom. The first-order valence-corrected chi connectivity index (χ1v) is 7.25. The molecule has 1 saturated heterocycles. The Hall–Kier alpha value is -2.30. The molecule has 0 atom stereocenters. The highest BCUT2D eigenvalue weighted by atomic mass is 16.5. The van der Waals surface area contributed by atoms with E-state index in [-0.39, 0.29) is 0 Å². The summed E-state index contributed by atoms with van der Waals surface area (Å²) in [4.78, 5) is 6.81. The first-order chi connectivity index (χ1) is 10.3. The van der Waals surface area contributed by atoms with Gasteiger partial charge in [0.2, 0.25) is 5.95 Å². The van der Waals surface area contributed by atoms with Crippen molar-refractivity contribution in [1.29, 1.82) is 0 Å². The molecule has 0 radical (unpaired) electrons. The number of rotatable bonds is 5. The number of anilines is 1. The molecule has 1 aromatic carbocycles. The van der Waals surface area contributed by atoms with Crippen LogP contribution in [0.1, 0.15) is 24.2 Å². The van der Waals surface area contributed by atoms with Crippen LogP contribution in [0.2, 0.25) is 0 Å². The van der Waals surface area contributed by atoms with Crippen LogP contribution in [0.15, 0.2) is 30.8 Å². The van der Waals surface area contributed by atoms with E-state index in [2.05, 4.69) is 21.6 Å². The van der Waals surface area contributed by atoms with Crippen LogP contribution in [0.3, 0.4) is 0 Å². The molecule has 1 aromatic heterocycles. The number of nitrogens with zero attached hydrogens (tertiary/aromatic N) is 4. The summed E-state index contributed by atoms with van der Waals surface area (Å²) in [6.45, 7) is 6.61. The highest BCUT2D eigenvalue weighted by Gasteiger charge is 2.18. The van der Waals surface area contributed by atoms with Crippen molar-refractivity contribution in [3.05, 3.63) is 42.2 Å². The van der Waals surface area contributed by atoms with E-state index in [9.17, 15) is 0 Å². The van der Waals surface area contributed by atoms with Gasteiger partial charge in [-0.2, -0.15) is 4.98 Å². The van der Waals surface area contributed by atoms with E-state index in [0.29, 0.717) is 6.54 Å². The van der Waals surface area contributed by atoms with E-state index in [1.54, 1.807) is 13.2 Å². The highest BCUT2D eigenvalue weighted by molar-refractivity contribution is 5.42. The Kier molecular flexibility index (Phi) is 3.90. The van der Waals surface area contributed by atoms with Gasteiger partial charge in [0.05, 0.1) is 13.7 Å². The first-order valence-electron chi connectivity index (χ1n) is 7.25. The lowest BCUT2D eigenvalue weighted by Gasteiger charge is -2.11. The van der Waals surface area contributed by atoms with Gasteiger partial charge in [-0.25, -0.2) is 4.68 Å². The molecule has 5 heteroatoms. The Morgan fingerprint density at radius 1 is 1.24 bits per heavy atom. The second-order valence-corrected chi connectivity index (χ2v) is 5.17. The van der Waals surface area contributed by atoms with Crippen molar-refractivity contribution in [2.24, 2.45) is 0 Å². The minimum absolute atomic E-state index is 0.687. The van der Waals surface area contributed by atoms with Gasteiger partial charge in [0, 0.05) is 13.1 Å². The molecule has 21 heavy (non-hydrogen) atoms. The lowest BCUT2D eigenvalue weighted by molar-refractivity contribution is 0.414. The van der Waals surface area contributed by atoms with Crippen molar-refractivity contribution in [3.8, 4) is 5.75 Å². The largest absolute Gasteiger partial charge is 0.497 e. The average molecular weight is 284 g/mol. The van der Waals surface area contributed by atoms with E-state index in [0.717, 1.165) is 36.2 Å². The maximum atomic E-state index is 5.18. The summed E-state index contributed by atoms with van der Waals surface area (Å²) in [5.74, 6) is 2.49. The van der Waals surface area contributed by atoms with Crippen LogP contribution < -0.4 is 9.64 Å². The molecular formula is C16H20N4O. The number of methoxy groups -OCH3 is 1. The number of hydrogen-bond acceptors (Lipinski definition) is 4. The quantitative estimate of drug-likeness (QED) is 0.846. The molecule has 0 saturated carbocycles. The van der Waals surface area contributed by atoms with Gasteiger partial charge in [-0.05, 0) is 36.6 Å². The first kappa shape index (κ1) is 13.7. The molecule has 2 aromatic rings. The normalized spacial score (nSPS) is 14.4. The number of benzene rings is 1. The van der Waals surface area contributed by atoms with Crippen molar-refractivity contribution in [2.45, 2.75) is 19.4 Å². The van der Waals surface area contributed by atoms with E-state index >= 15 is 0 Å². The molecular weight excluding hydrogens is 264 g/mol. The van der Waals surface area contributed by atoms with Gasteiger partial charge in [0.1, 0.15) is 5.75 Å². The lowest BCUT2D eigenvalue weighted by atomic mass is 10.2. The molecule has 0 N–H and O–H groups in total. The minimum Gasteiger partial charge on any atom is -0.497 e. The van der Waals surface area contributed by atoms with Crippen LogP contribution in [-0.2, 0) is 6.54 Å². The van der Waals surface area contributed by atoms with Crippen molar-refractivity contribution in [1.82, 2.24) is 14.8 Å². The van der Waals surface area contributed by atoms with Gasteiger partial charge in [0.25, 0.3) is 0 Å². The third kappa shape index (κ3) is 2.91. The van der Waals surface area contributed by atoms with Gasteiger partial charge in [-0.15, -0.1) is 5.10 Å². The van der Waals surface area contributed by atoms with E-state index in [4.69, 9.17) is 4.74 Å². The molecule has 0 bridgehead atoms. The van der Waals surface area contributed by atoms with Crippen molar-refractivity contribution in [2.75, 3.05) is 25.1 Å². The Bertz CT molecular complexity index is 612. The topological polar surface area (TPSA) is 43.2 Å². The zero-order valence-corrected chi connectivity index (χ0v) is 12.3. The Morgan fingerprint density at radius 3 is 2.57 bits per heavy atom. The lowest BCUT2D eigenvalue weighted by Crippen LogP contribution is -2.19. The summed E-state index contributed by atoms with van der Waals surface area (Å²) in [5.41, 5.74) is 1.16. The third-order valence-electron chi connectivity index (χ3n) is 3.75. The SMILES string of the molecule is C=Cc1nc(N2CCCC2)nn1Cc1ccc(OC)cc1. The summed E-state index contributed by atoms with van der Waals surface area (Å²) in [6.07, 6.45) is 4.20. The molecule has 1 aliphatic heterocycles. The fourth-order valence-electron chi connectivity index (χ4n) is 2.56. The second-order valence-electron chi connectivity index (χ2n) is 5.17. The molecule has 3 rings (SSSR count). The second kappa shape index (κ2) is 5.99. The maximum absolute atomic E-state index is 5.18. The molecule has 2 heterocycles. The van der Waals surface area contributed by atoms with Crippen LogP contribution >= 0.6 is 0 Å². The smallest absolute Gasteiger partial charge is 0.245 e. The van der Waals surface area contributed by atoms with Crippen molar-refractivity contribution < 1.29 is 4.74 Å². The zero-order chi connectivity index (χ0) is 14.7. The molecule has 110 valence electrons. The van der Waals surface area contributed by atoms with Gasteiger partial charge in [-0.3, -0.25) is 0 Å². The summed E-state index contributed by atoms with van der Waals surface area (Å²) in [7, 11) is 1.67. The highest BCUT2D eigenvalue weighted by Crippen LogP contribution is 2.18. The van der Waals surface area contributed by atoms with E-state index in [1.807, 2.05) is 28.9 Å². The number of aromatic nitrogens is 3. The average Bonchev–Trinajstić information content (AvgIpc) is 3.17. The molecule has 0 unspecified atom stereocenters. The fraction of sp³-hybridized carbons (Fsp3) is 0.375. The predicted octanol–water partition coefficient (Wildman–Crippen LogP) is 2.58. The maximum Gasteiger partial charge on any atom is 0.245 e. The van der Waals surface area contributed by atoms with Crippen LogP contribution in [0.25, 0.3) is 6.08 Å². The van der Waals surface area contributed by atoms with Crippen LogP contribution in [0.5, 0.6) is 5.75 Å². The standard InChI is InChI=1S/C16H20N4O/c1-3-15-17-16(19-10-4-5-11-19)18-20(15)12-13-6-8-14(21-2)9-7-13/h3,6-9H,1,4-5,10-12H2,2H3. The van der Waals surface area contributed by atoms with Crippen LogP contribution in [0, 0.1) is 0 Å². The van der Waals surface area contributed by atoms with E-state index < -0.39 is 0 Å². The fourth-order valence-corrected chi connectivity index (χ4v) is 2.56. The molecule has 0 spiro atoms. The van der Waals surface area contributed by atoms with Gasteiger partial charge >= 0.3 is 0 Å². The summed E-state index contributed by atoms with van der Waals surface area (Å²) in [6, 6.07) is 8.01. The van der Waals surface area contributed by atoms with Crippen LogP contribution in [0.4, 0.5) is 5.95 Å². The van der Waals surface area contributed by atoms with Crippen molar-refractivity contribution in [3.63, 3.8) is 0 Å². The third-order valence-corrected chi connectivity index (χ3v) is 3.75. The van der Waals surface area contributed by atoms with Crippen molar-refractivity contribution >= 4 is 12.0 Å². The summed E-state index contributed by atoms with van der Waals surface area (Å²) in [5, 5.41) is 4.63. The Balaban J connectivity index is 1.81. The molecule has 1 aliphatic rings. The molecule has 5 nitrogen and oxygen atoms in total. The molecule has 0 aliphatic carbocycles. The minimum atomic E-state index is 0.687. The van der Waals surface area contributed by atoms with Gasteiger partial charge in [-0.1, -0.05) is 18.7 Å². The Labute approximate surface area is 124 Å². The van der Waals surface area contributed by atoms with Gasteiger partial charge in [0.15, 0.2) is 5.82 Å². The summed E-state index contributed by atoms with van der Waals surface area (Å²) < 4.78 is 7.08. The number of ether oxygens (including phenoxy) is 1. The zero-order valence-electron chi connectivity index (χ0n) is 12.3.